The molecule has 0 aromatic heterocycles. The number of hydrogen-bond donors (Lipinski definition) is 0. The Balaban J connectivity index is 1.36. The molecule has 1 heterocycles. The topological polar surface area (TPSA) is 20.3 Å². The number of Topliss-reactive ketones (excluding diaryl/α,β-unsaturated/α-hetero) is 1. The number of carbonyl (C=O) groups is 1. The van der Waals surface area contributed by atoms with Gasteiger partial charge in [-0.2, -0.15) is 0 Å². The predicted molar refractivity (Wildman–Crippen MR) is 148 cm³/mol. The molecule has 3 aliphatic rings. The Morgan fingerprint density at radius 3 is 2.29 bits per heavy atom. The third-order valence-corrected chi connectivity index (χ3v) is 9.24. The molecule has 0 bridgehead atoms. The summed E-state index contributed by atoms with van der Waals surface area (Å²) < 4.78 is -1.47. The Hall–Kier alpha value is -0.610. The van der Waals surface area contributed by atoms with E-state index in [1.807, 2.05) is 23.9 Å². The number of benzene rings is 1. The van der Waals surface area contributed by atoms with E-state index in [2.05, 4.69) is 11.8 Å². The highest BCUT2D eigenvalue weighted by molar-refractivity contribution is 8.07. The van der Waals surface area contributed by atoms with Gasteiger partial charge in [0.2, 0.25) is 3.79 Å². The number of fused-ring (bicyclic) bond motifs is 1. The number of rotatable bonds is 11. The van der Waals surface area contributed by atoms with Crippen LogP contribution in [0.3, 0.4) is 0 Å². The van der Waals surface area contributed by atoms with Crippen molar-refractivity contribution in [3.63, 3.8) is 0 Å². The average molecular weight is 541 g/mol. The third kappa shape index (κ3) is 6.20. The van der Waals surface area contributed by atoms with Crippen LogP contribution in [0.15, 0.2) is 39.4 Å². The van der Waals surface area contributed by atoms with Gasteiger partial charge in [0.25, 0.3) is 0 Å². The minimum absolute atomic E-state index is 0.141. The van der Waals surface area contributed by atoms with Crippen LogP contribution in [0.2, 0.25) is 0 Å². The Kier molecular flexibility index (Phi) is 9.40. The summed E-state index contributed by atoms with van der Waals surface area (Å²) in [6.45, 7) is 3.29. The summed E-state index contributed by atoms with van der Waals surface area (Å²) >= 11 is 20.1. The van der Waals surface area contributed by atoms with Crippen LogP contribution in [-0.2, 0) is 10.2 Å². The molecular formula is C28H36Cl3NOS. The minimum atomic E-state index is -1.47. The Morgan fingerprint density at radius 1 is 0.941 bits per heavy atom. The van der Waals surface area contributed by atoms with E-state index in [1.54, 1.807) is 6.07 Å². The molecule has 0 fully saturated rings. The number of unbranched alkanes of at least 4 members (excludes halogenated alkanes) is 9. The van der Waals surface area contributed by atoms with Crippen LogP contribution >= 0.6 is 46.6 Å². The smallest absolute Gasteiger partial charge is 0.216 e. The zero-order chi connectivity index (χ0) is 24.1. The van der Waals surface area contributed by atoms with Gasteiger partial charge in [-0.1, -0.05) is 129 Å². The monoisotopic (exact) mass is 539 g/mol. The number of thioether (sulfide) groups is 1. The van der Waals surface area contributed by atoms with Crippen molar-refractivity contribution in [1.82, 2.24) is 4.90 Å². The lowest BCUT2D eigenvalue weighted by Gasteiger charge is -2.24. The van der Waals surface area contributed by atoms with Gasteiger partial charge in [0.05, 0.1) is 5.03 Å². The molecule has 1 aliphatic heterocycles. The minimum Gasteiger partial charge on any atom is -0.339 e. The van der Waals surface area contributed by atoms with Crippen molar-refractivity contribution in [3.8, 4) is 0 Å². The fourth-order valence-electron chi connectivity index (χ4n) is 5.35. The van der Waals surface area contributed by atoms with Crippen LogP contribution in [0, 0.1) is 0 Å². The summed E-state index contributed by atoms with van der Waals surface area (Å²) in [6, 6.07) is 5.48. The van der Waals surface area contributed by atoms with Crippen LogP contribution in [-0.4, -0.2) is 17.2 Å². The van der Waals surface area contributed by atoms with E-state index in [0.29, 0.717) is 12.0 Å². The fourth-order valence-corrected chi connectivity index (χ4v) is 7.11. The molecule has 34 heavy (non-hydrogen) atoms. The largest absolute Gasteiger partial charge is 0.339 e. The van der Waals surface area contributed by atoms with E-state index in [0.717, 1.165) is 41.1 Å². The van der Waals surface area contributed by atoms with Crippen molar-refractivity contribution < 1.29 is 4.79 Å². The summed E-state index contributed by atoms with van der Waals surface area (Å²) in [6.07, 6.45) is 17.5. The molecule has 6 heteroatoms. The van der Waals surface area contributed by atoms with Gasteiger partial charge in [-0.25, -0.2) is 0 Å². The molecule has 2 aliphatic carbocycles. The lowest BCUT2D eigenvalue weighted by Crippen LogP contribution is -2.21. The molecule has 0 atom stereocenters. The van der Waals surface area contributed by atoms with Crippen molar-refractivity contribution in [2.24, 2.45) is 0 Å². The van der Waals surface area contributed by atoms with E-state index in [-0.39, 0.29) is 5.78 Å². The van der Waals surface area contributed by atoms with Crippen LogP contribution in [0.5, 0.6) is 0 Å². The second-order valence-electron chi connectivity index (χ2n) is 9.82. The zero-order valence-corrected chi connectivity index (χ0v) is 23.3. The summed E-state index contributed by atoms with van der Waals surface area (Å²) in [5, 5.41) is 1.16. The first-order valence-electron chi connectivity index (χ1n) is 13.1. The van der Waals surface area contributed by atoms with Crippen LogP contribution in [0.1, 0.15) is 112 Å². The first-order chi connectivity index (χ1) is 16.4. The third-order valence-electron chi connectivity index (χ3n) is 7.24. The molecule has 0 saturated heterocycles. The maximum atomic E-state index is 13.3. The van der Waals surface area contributed by atoms with E-state index in [9.17, 15) is 4.79 Å². The quantitative estimate of drug-likeness (QED) is 0.158. The van der Waals surface area contributed by atoms with E-state index < -0.39 is 3.79 Å². The Bertz CT molecular complexity index is 963. The maximum Gasteiger partial charge on any atom is 0.216 e. The average Bonchev–Trinajstić information content (AvgIpc) is 3.48. The number of halogens is 3. The number of nitrogens with zero attached hydrogens (tertiary/aromatic N) is 1. The van der Waals surface area contributed by atoms with Gasteiger partial charge in [0, 0.05) is 40.3 Å². The van der Waals surface area contributed by atoms with Gasteiger partial charge in [0.15, 0.2) is 5.78 Å². The number of carbonyl (C=O) groups excluding carboxylic acids is 1. The number of alkyl halides is 3. The molecule has 0 spiro atoms. The van der Waals surface area contributed by atoms with Gasteiger partial charge in [-0.3, -0.25) is 4.79 Å². The van der Waals surface area contributed by atoms with Gasteiger partial charge in [0.1, 0.15) is 0 Å². The second-order valence-corrected chi connectivity index (χ2v) is 13.2. The molecule has 1 aromatic carbocycles. The molecule has 4 rings (SSSR count). The molecular weight excluding hydrogens is 505 g/mol. The van der Waals surface area contributed by atoms with Crippen molar-refractivity contribution >= 4 is 52.3 Å². The van der Waals surface area contributed by atoms with E-state index in [1.165, 1.54) is 81.2 Å². The predicted octanol–water partition coefficient (Wildman–Crippen LogP) is 9.83. The Morgan fingerprint density at radius 2 is 1.62 bits per heavy atom. The highest BCUT2D eigenvalue weighted by atomic mass is 35.6. The highest BCUT2D eigenvalue weighted by Crippen LogP contribution is 2.52. The molecule has 1 aromatic rings. The molecule has 186 valence electrons. The Labute approximate surface area is 224 Å². The second kappa shape index (κ2) is 12.1. The molecule has 0 unspecified atom stereocenters. The first kappa shape index (κ1) is 26.5. The number of hydrogen-bond acceptors (Lipinski definition) is 3. The SMILES string of the molecule is CCCCCCCCCCCCN1C2=C(CCC2)S/C1=C1/Cc2cc(C(Cl)(Cl)Cl)ccc2C1=O. The summed E-state index contributed by atoms with van der Waals surface area (Å²) in [4.78, 5) is 17.3. The summed E-state index contributed by atoms with van der Waals surface area (Å²) in [5.41, 5.74) is 4.74. The van der Waals surface area contributed by atoms with Crippen molar-refractivity contribution in [2.75, 3.05) is 6.54 Å². The lowest BCUT2D eigenvalue weighted by atomic mass is 10.1. The maximum absolute atomic E-state index is 13.3. The van der Waals surface area contributed by atoms with Gasteiger partial charge < -0.3 is 4.90 Å². The van der Waals surface area contributed by atoms with E-state index in [4.69, 9.17) is 34.8 Å². The molecule has 0 amide bonds. The lowest BCUT2D eigenvalue weighted by molar-refractivity contribution is 0.103. The van der Waals surface area contributed by atoms with Crippen molar-refractivity contribution in [3.05, 3.63) is 56.1 Å². The molecule has 0 radical (unpaired) electrons. The molecule has 0 N–H and O–H groups in total. The summed E-state index contributed by atoms with van der Waals surface area (Å²) in [5.74, 6) is 0.141. The number of allylic oxidation sites excluding steroid dienone is 3. The van der Waals surface area contributed by atoms with Crippen LogP contribution in [0.25, 0.3) is 0 Å². The normalized spacial score (nSPS) is 20.0. The van der Waals surface area contributed by atoms with E-state index >= 15 is 0 Å². The zero-order valence-electron chi connectivity index (χ0n) is 20.2. The van der Waals surface area contributed by atoms with Crippen LogP contribution < -0.4 is 0 Å². The van der Waals surface area contributed by atoms with Gasteiger partial charge >= 0.3 is 0 Å². The van der Waals surface area contributed by atoms with Gasteiger partial charge in [-0.15, -0.1) is 0 Å². The fraction of sp³-hybridized carbons (Fsp3) is 0.607. The standard InChI is InChI=1S/C28H36Cl3NOS/c1-2-3-4-5-6-7-8-9-10-11-17-32-24-13-12-14-25(24)34-27(32)23-19-20-18-21(28(29,30)31)15-16-22(20)26(23)33/h15-16,18H,2-14,17,19H2,1H3/b27-23-. The van der Waals surface area contributed by atoms with Crippen molar-refractivity contribution in [2.45, 2.75) is 101 Å². The first-order valence-corrected chi connectivity index (χ1v) is 15.0. The summed E-state index contributed by atoms with van der Waals surface area (Å²) in [7, 11) is 0. The molecule has 2 nitrogen and oxygen atoms in total. The highest BCUT2D eigenvalue weighted by Gasteiger charge is 2.37. The van der Waals surface area contributed by atoms with Crippen LogP contribution in [0.4, 0.5) is 0 Å². The van der Waals surface area contributed by atoms with Gasteiger partial charge in [-0.05, 0) is 31.2 Å². The van der Waals surface area contributed by atoms with Crippen molar-refractivity contribution in [1.29, 1.82) is 0 Å². The number of ketones is 1. The molecule has 0 saturated carbocycles.